The summed E-state index contributed by atoms with van der Waals surface area (Å²) in [6.45, 7) is 4.89. The van der Waals surface area contributed by atoms with Gasteiger partial charge in [0.05, 0.1) is 30.2 Å². The minimum absolute atomic E-state index is 0.00596. The highest BCUT2D eigenvalue weighted by atomic mass is 16.6. The monoisotopic (exact) mass is 264 g/mol. The molecule has 0 aromatic heterocycles. The predicted molar refractivity (Wildman–Crippen MR) is 69.0 cm³/mol. The number of carbonyl (C=O) groups excluding carboxylic acids is 1. The van der Waals surface area contributed by atoms with Crippen molar-refractivity contribution < 1.29 is 14.5 Å². The first kappa shape index (κ1) is 13.5. The molecule has 2 atom stereocenters. The lowest BCUT2D eigenvalue weighted by Crippen LogP contribution is -2.52. The van der Waals surface area contributed by atoms with Crippen LogP contribution in [0, 0.1) is 10.1 Å². The number of hydrogen-bond acceptors (Lipinski definition) is 4. The van der Waals surface area contributed by atoms with E-state index in [0.29, 0.717) is 18.8 Å². The largest absolute Gasteiger partial charge is 0.377 e. The fraction of sp³-hybridized carbons (Fsp3) is 0.462. The van der Waals surface area contributed by atoms with E-state index >= 15 is 0 Å². The maximum atomic E-state index is 12.4. The summed E-state index contributed by atoms with van der Waals surface area (Å²) in [5.41, 5.74) is 0.450. The zero-order valence-electron chi connectivity index (χ0n) is 10.9. The van der Waals surface area contributed by atoms with Crippen molar-refractivity contribution in [3.05, 3.63) is 39.9 Å². The van der Waals surface area contributed by atoms with E-state index in [1.807, 2.05) is 13.8 Å². The SMILES string of the molecule is C[C@H]1COC[C@H](C)N1C(=O)c1ccc([N+](=O)[O-])cc1. The van der Waals surface area contributed by atoms with Crippen LogP contribution in [0.15, 0.2) is 24.3 Å². The number of non-ortho nitro benzene ring substituents is 1. The number of amides is 1. The third-order valence-corrected chi connectivity index (χ3v) is 3.23. The Morgan fingerprint density at radius 1 is 1.26 bits per heavy atom. The normalized spacial score (nSPS) is 23.2. The van der Waals surface area contributed by atoms with Crippen molar-refractivity contribution in [2.75, 3.05) is 13.2 Å². The van der Waals surface area contributed by atoms with E-state index in [1.54, 1.807) is 4.90 Å². The number of nitrogens with zero attached hydrogens (tertiary/aromatic N) is 2. The maximum Gasteiger partial charge on any atom is 0.269 e. The highest BCUT2D eigenvalue weighted by Crippen LogP contribution is 2.19. The Hall–Kier alpha value is -1.95. The molecule has 1 heterocycles. The minimum atomic E-state index is -0.478. The van der Waals surface area contributed by atoms with Crippen LogP contribution >= 0.6 is 0 Å². The molecule has 0 unspecified atom stereocenters. The van der Waals surface area contributed by atoms with Crippen LogP contribution in [-0.2, 0) is 4.74 Å². The molecule has 6 heteroatoms. The van der Waals surface area contributed by atoms with Gasteiger partial charge >= 0.3 is 0 Å². The zero-order chi connectivity index (χ0) is 14.0. The van der Waals surface area contributed by atoms with Crippen molar-refractivity contribution in [3.8, 4) is 0 Å². The number of morpholine rings is 1. The number of nitro benzene ring substituents is 1. The van der Waals surface area contributed by atoms with Gasteiger partial charge in [-0.25, -0.2) is 0 Å². The van der Waals surface area contributed by atoms with Crippen LogP contribution in [0.25, 0.3) is 0 Å². The summed E-state index contributed by atoms with van der Waals surface area (Å²) in [7, 11) is 0. The van der Waals surface area contributed by atoms with E-state index in [-0.39, 0.29) is 23.7 Å². The Labute approximate surface area is 111 Å². The average Bonchev–Trinajstić information content (AvgIpc) is 2.38. The molecule has 1 aromatic rings. The van der Waals surface area contributed by atoms with E-state index in [0.717, 1.165) is 0 Å². The summed E-state index contributed by atoms with van der Waals surface area (Å²) < 4.78 is 5.38. The second kappa shape index (κ2) is 5.36. The van der Waals surface area contributed by atoms with E-state index in [1.165, 1.54) is 24.3 Å². The summed E-state index contributed by atoms with van der Waals surface area (Å²) >= 11 is 0. The Bertz CT molecular complexity index is 476. The van der Waals surface area contributed by atoms with Crippen LogP contribution < -0.4 is 0 Å². The van der Waals surface area contributed by atoms with Gasteiger partial charge in [0, 0.05) is 17.7 Å². The topological polar surface area (TPSA) is 72.7 Å². The number of ether oxygens (including phenoxy) is 1. The van der Waals surface area contributed by atoms with Gasteiger partial charge in [0.25, 0.3) is 11.6 Å². The molecule has 0 bridgehead atoms. The molecule has 1 aliphatic rings. The zero-order valence-corrected chi connectivity index (χ0v) is 10.9. The van der Waals surface area contributed by atoms with Gasteiger partial charge in [-0.15, -0.1) is 0 Å². The first-order valence-electron chi connectivity index (χ1n) is 6.15. The van der Waals surface area contributed by atoms with Gasteiger partial charge in [0.15, 0.2) is 0 Å². The number of nitro groups is 1. The van der Waals surface area contributed by atoms with Gasteiger partial charge in [-0.1, -0.05) is 0 Å². The molecule has 6 nitrogen and oxygen atoms in total. The van der Waals surface area contributed by atoms with Gasteiger partial charge in [0.2, 0.25) is 0 Å². The van der Waals surface area contributed by atoms with Gasteiger partial charge in [0.1, 0.15) is 0 Å². The van der Waals surface area contributed by atoms with Crippen molar-refractivity contribution in [3.63, 3.8) is 0 Å². The lowest BCUT2D eigenvalue weighted by molar-refractivity contribution is -0.384. The molecule has 1 saturated heterocycles. The Morgan fingerprint density at radius 2 is 1.79 bits per heavy atom. The Kier molecular flexibility index (Phi) is 3.80. The first-order valence-corrected chi connectivity index (χ1v) is 6.15. The number of hydrogen-bond donors (Lipinski definition) is 0. The molecule has 1 amide bonds. The van der Waals surface area contributed by atoms with Crippen molar-refractivity contribution in [2.24, 2.45) is 0 Å². The number of benzene rings is 1. The molecule has 0 aliphatic carbocycles. The molecule has 1 aromatic carbocycles. The minimum Gasteiger partial charge on any atom is -0.377 e. The Morgan fingerprint density at radius 3 is 2.26 bits per heavy atom. The fourth-order valence-corrected chi connectivity index (χ4v) is 2.28. The molecule has 0 spiro atoms. The summed E-state index contributed by atoms with van der Waals surface area (Å²) in [6, 6.07) is 5.70. The smallest absolute Gasteiger partial charge is 0.269 e. The van der Waals surface area contributed by atoms with Crippen LogP contribution in [0.1, 0.15) is 24.2 Å². The third kappa shape index (κ3) is 2.73. The van der Waals surface area contributed by atoms with Gasteiger partial charge in [-0.2, -0.15) is 0 Å². The van der Waals surface area contributed by atoms with E-state index in [9.17, 15) is 14.9 Å². The maximum absolute atomic E-state index is 12.4. The van der Waals surface area contributed by atoms with Crippen LogP contribution in [-0.4, -0.2) is 41.0 Å². The summed E-state index contributed by atoms with van der Waals surface area (Å²) in [5.74, 6) is -0.113. The standard InChI is InChI=1S/C13H16N2O4/c1-9-7-19-8-10(2)14(9)13(16)11-3-5-12(6-4-11)15(17)18/h3-6,9-10H,7-8H2,1-2H3/t9-,10-/m0/s1. The van der Waals surface area contributed by atoms with Gasteiger partial charge < -0.3 is 9.64 Å². The molecule has 0 saturated carbocycles. The van der Waals surface area contributed by atoms with Crippen LogP contribution in [0.2, 0.25) is 0 Å². The lowest BCUT2D eigenvalue weighted by atomic mass is 10.1. The molecule has 102 valence electrons. The second-order valence-corrected chi connectivity index (χ2v) is 4.75. The highest BCUT2D eigenvalue weighted by Gasteiger charge is 2.30. The molecular weight excluding hydrogens is 248 g/mol. The Balaban J connectivity index is 2.20. The molecule has 1 fully saturated rings. The highest BCUT2D eigenvalue weighted by molar-refractivity contribution is 5.94. The van der Waals surface area contributed by atoms with Crippen molar-refractivity contribution in [1.29, 1.82) is 0 Å². The summed E-state index contributed by atoms with van der Waals surface area (Å²) in [5, 5.41) is 10.6. The van der Waals surface area contributed by atoms with E-state index in [4.69, 9.17) is 4.74 Å². The predicted octanol–water partition coefficient (Wildman–Crippen LogP) is 1.84. The van der Waals surface area contributed by atoms with E-state index < -0.39 is 4.92 Å². The van der Waals surface area contributed by atoms with Crippen molar-refractivity contribution in [2.45, 2.75) is 25.9 Å². The van der Waals surface area contributed by atoms with Gasteiger partial charge in [-0.3, -0.25) is 14.9 Å². The summed E-state index contributed by atoms with van der Waals surface area (Å²) in [6.07, 6.45) is 0. The van der Waals surface area contributed by atoms with Crippen LogP contribution in [0.3, 0.4) is 0 Å². The van der Waals surface area contributed by atoms with Crippen LogP contribution in [0.4, 0.5) is 5.69 Å². The molecule has 19 heavy (non-hydrogen) atoms. The molecule has 1 aliphatic heterocycles. The fourth-order valence-electron chi connectivity index (χ4n) is 2.28. The average molecular weight is 264 g/mol. The quantitative estimate of drug-likeness (QED) is 0.603. The second-order valence-electron chi connectivity index (χ2n) is 4.75. The first-order chi connectivity index (χ1) is 9.00. The van der Waals surface area contributed by atoms with E-state index in [2.05, 4.69) is 0 Å². The van der Waals surface area contributed by atoms with Crippen LogP contribution in [0.5, 0.6) is 0 Å². The molecule has 2 rings (SSSR count). The number of carbonyl (C=O) groups is 1. The molecule has 0 radical (unpaired) electrons. The third-order valence-electron chi connectivity index (χ3n) is 3.23. The number of rotatable bonds is 2. The molecular formula is C13H16N2O4. The molecule has 0 N–H and O–H groups in total. The summed E-state index contributed by atoms with van der Waals surface area (Å²) in [4.78, 5) is 24.3. The van der Waals surface area contributed by atoms with Crippen molar-refractivity contribution >= 4 is 11.6 Å². The lowest BCUT2D eigenvalue weighted by Gasteiger charge is -2.38. The van der Waals surface area contributed by atoms with Gasteiger partial charge in [-0.05, 0) is 26.0 Å². The van der Waals surface area contributed by atoms with Crippen molar-refractivity contribution in [1.82, 2.24) is 4.90 Å².